The average molecular weight is 403 g/mol. The number of aromatic amines is 1. The normalized spacial score (nSPS) is 16.7. The van der Waals surface area contributed by atoms with E-state index >= 15 is 0 Å². The predicted octanol–water partition coefficient (Wildman–Crippen LogP) is 3.36. The number of imidazole rings is 1. The number of nitrogens with one attached hydrogen (secondary N) is 3. The summed E-state index contributed by atoms with van der Waals surface area (Å²) in [5.74, 6) is 3.11. The van der Waals surface area contributed by atoms with Gasteiger partial charge in [0.15, 0.2) is 0 Å². The van der Waals surface area contributed by atoms with Crippen LogP contribution in [0.1, 0.15) is 12.0 Å². The maximum Gasteiger partial charge on any atom is 0.221 e. The van der Waals surface area contributed by atoms with Gasteiger partial charge in [0.25, 0.3) is 0 Å². The van der Waals surface area contributed by atoms with Gasteiger partial charge in [0.05, 0.1) is 11.0 Å². The molecule has 0 radical (unpaired) electrons. The number of fused-ring (bicyclic) bond motifs is 1. The topological polar surface area (TPSA) is 69.8 Å². The summed E-state index contributed by atoms with van der Waals surface area (Å²) < 4.78 is 0. The molecule has 0 spiro atoms. The van der Waals surface area contributed by atoms with Crippen LogP contribution in [0.15, 0.2) is 48.5 Å². The summed E-state index contributed by atoms with van der Waals surface area (Å²) in [5, 5.41) is 6.41. The number of nitrogens with zero attached hydrogens (tertiary/aromatic N) is 1. The summed E-state index contributed by atoms with van der Waals surface area (Å²) in [5.41, 5.74) is 4.13. The average Bonchev–Trinajstić information content (AvgIpc) is 3.12. The van der Waals surface area contributed by atoms with Gasteiger partial charge < -0.3 is 15.6 Å². The lowest BCUT2D eigenvalue weighted by molar-refractivity contribution is -0.121. The van der Waals surface area contributed by atoms with Crippen LogP contribution in [0.2, 0.25) is 0 Å². The number of hydrogen-bond donors (Lipinski definition) is 3. The van der Waals surface area contributed by atoms with Crippen molar-refractivity contribution in [2.75, 3.05) is 18.1 Å². The van der Waals surface area contributed by atoms with Crippen LogP contribution in [0.4, 0.5) is 0 Å². The van der Waals surface area contributed by atoms with E-state index in [2.05, 4.69) is 20.6 Å². The summed E-state index contributed by atoms with van der Waals surface area (Å²) in [4.78, 5) is 20.1. The van der Waals surface area contributed by atoms with E-state index in [1.54, 1.807) is 0 Å². The summed E-state index contributed by atoms with van der Waals surface area (Å²) in [6.07, 6.45) is 0.546. The van der Waals surface area contributed by atoms with Crippen molar-refractivity contribution in [3.63, 3.8) is 0 Å². The summed E-state index contributed by atoms with van der Waals surface area (Å²) in [6.45, 7) is 1.55. The van der Waals surface area contributed by atoms with E-state index < -0.39 is 0 Å². The zero-order valence-electron chi connectivity index (χ0n) is 14.9. The number of H-pyrrole nitrogens is 1. The molecule has 2 heterocycles. The molecule has 27 heavy (non-hydrogen) atoms. The Morgan fingerprint density at radius 2 is 2.00 bits per heavy atom. The van der Waals surface area contributed by atoms with Crippen LogP contribution in [0.5, 0.6) is 0 Å². The largest absolute Gasteiger partial charge is 0.352 e. The minimum atomic E-state index is 0. The van der Waals surface area contributed by atoms with E-state index in [0.29, 0.717) is 19.0 Å². The van der Waals surface area contributed by atoms with Crippen molar-refractivity contribution in [1.29, 1.82) is 0 Å². The van der Waals surface area contributed by atoms with Gasteiger partial charge in [0.2, 0.25) is 5.91 Å². The second-order valence-electron chi connectivity index (χ2n) is 6.51. The number of para-hydroxylation sites is 2. The number of benzene rings is 2. The molecule has 1 aromatic heterocycles. The fraction of sp³-hybridized carbons (Fsp3) is 0.300. The van der Waals surface area contributed by atoms with Crippen molar-refractivity contribution in [2.24, 2.45) is 0 Å². The molecule has 0 bridgehead atoms. The van der Waals surface area contributed by atoms with Gasteiger partial charge in [-0.05, 0) is 17.7 Å². The summed E-state index contributed by atoms with van der Waals surface area (Å²) >= 11 is 1.91. The summed E-state index contributed by atoms with van der Waals surface area (Å²) in [7, 11) is 0. The van der Waals surface area contributed by atoms with Gasteiger partial charge in [-0.2, -0.15) is 11.8 Å². The van der Waals surface area contributed by atoms with Gasteiger partial charge in [-0.15, -0.1) is 12.4 Å². The number of carbonyl (C=O) groups is 1. The van der Waals surface area contributed by atoms with Gasteiger partial charge in [-0.25, -0.2) is 4.98 Å². The molecular formula is C20H23ClN4OS. The first-order valence-electron chi connectivity index (χ1n) is 8.90. The highest BCUT2D eigenvalue weighted by atomic mass is 35.5. The molecule has 1 amide bonds. The van der Waals surface area contributed by atoms with Crippen LogP contribution >= 0.6 is 24.2 Å². The number of rotatable bonds is 5. The predicted molar refractivity (Wildman–Crippen MR) is 114 cm³/mol. The monoisotopic (exact) mass is 402 g/mol. The Morgan fingerprint density at radius 3 is 2.74 bits per heavy atom. The molecule has 3 aromatic rings. The molecule has 0 saturated carbocycles. The third kappa shape index (κ3) is 5.03. The van der Waals surface area contributed by atoms with E-state index in [9.17, 15) is 4.79 Å². The van der Waals surface area contributed by atoms with Crippen LogP contribution in [0, 0.1) is 0 Å². The van der Waals surface area contributed by atoms with E-state index in [-0.39, 0.29) is 18.3 Å². The summed E-state index contributed by atoms with van der Waals surface area (Å²) in [6, 6.07) is 16.5. The second-order valence-corrected chi connectivity index (χ2v) is 7.66. The van der Waals surface area contributed by atoms with Crippen molar-refractivity contribution in [2.45, 2.75) is 19.0 Å². The molecule has 142 valence electrons. The van der Waals surface area contributed by atoms with Gasteiger partial charge in [0, 0.05) is 42.6 Å². The zero-order valence-corrected chi connectivity index (χ0v) is 16.5. The molecule has 5 nitrogen and oxygen atoms in total. The molecule has 1 atom stereocenters. The second kappa shape index (κ2) is 9.26. The molecule has 7 heteroatoms. The van der Waals surface area contributed by atoms with E-state index in [0.717, 1.165) is 46.0 Å². The quantitative estimate of drug-likeness (QED) is 0.612. The highest BCUT2D eigenvalue weighted by Crippen LogP contribution is 2.20. The van der Waals surface area contributed by atoms with Crippen molar-refractivity contribution in [3.05, 3.63) is 54.1 Å². The van der Waals surface area contributed by atoms with Gasteiger partial charge >= 0.3 is 0 Å². The zero-order chi connectivity index (χ0) is 17.8. The number of amides is 1. The number of carbonyl (C=O) groups excluding carboxylic acids is 1. The van der Waals surface area contributed by atoms with Gasteiger partial charge in [-0.1, -0.05) is 36.4 Å². The third-order valence-corrected chi connectivity index (χ3v) is 5.67. The maximum absolute atomic E-state index is 12.1. The molecule has 0 aliphatic carbocycles. The standard InChI is InChI=1S/C20H22N4OS.ClH/c25-19(11-16-13-26-10-9-21-16)22-12-14-5-7-15(8-6-14)20-23-17-3-1-2-4-18(17)24-20;/h1-8,16,21H,9-13H2,(H,22,25)(H,23,24);1H. The SMILES string of the molecule is Cl.O=C(CC1CSCCN1)NCc1ccc(-c2nc3ccccc3[nH]2)cc1. The molecule has 3 N–H and O–H groups in total. The number of halogens is 1. The molecule has 1 unspecified atom stereocenters. The van der Waals surface area contributed by atoms with Crippen LogP contribution in [-0.4, -0.2) is 40.0 Å². The van der Waals surface area contributed by atoms with Gasteiger partial charge in [-0.3, -0.25) is 4.79 Å². The number of aromatic nitrogens is 2. The number of hydrogen-bond acceptors (Lipinski definition) is 4. The molecule has 4 rings (SSSR count). The molecule has 1 fully saturated rings. The first-order valence-corrected chi connectivity index (χ1v) is 10.1. The smallest absolute Gasteiger partial charge is 0.221 e. The van der Waals surface area contributed by atoms with Crippen molar-refractivity contribution in [3.8, 4) is 11.4 Å². The van der Waals surface area contributed by atoms with Gasteiger partial charge in [0.1, 0.15) is 5.82 Å². The Kier molecular flexibility index (Phi) is 6.77. The van der Waals surface area contributed by atoms with Crippen LogP contribution < -0.4 is 10.6 Å². The van der Waals surface area contributed by atoms with Crippen molar-refractivity contribution < 1.29 is 4.79 Å². The molecule has 1 aliphatic heterocycles. The van der Waals surface area contributed by atoms with Crippen molar-refractivity contribution >= 4 is 41.1 Å². The molecule has 2 aromatic carbocycles. The lowest BCUT2D eigenvalue weighted by Gasteiger charge is -2.22. The van der Waals surface area contributed by atoms with Crippen molar-refractivity contribution in [1.82, 2.24) is 20.6 Å². The molecule has 1 saturated heterocycles. The first-order chi connectivity index (χ1) is 12.8. The van der Waals surface area contributed by atoms with Crippen LogP contribution in [0.3, 0.4) is 0 Å². The van der Waals surface area contributed by atoms with Crippen LogP contribution in [0.25, 0.3) is 22.4 Å². The maximum atomic E-state index is 12.1. The Morgan fingerprint density at radius 1 is 1.19 bits per heavy atom. The Bertz CT molecular complexity index is 857. The highest BCUT2D eigenvalue weighted by molar-refractivity contribution is 7.99. The fourth-order valence-electron chi connectivity index (χ4n) is 3.12. The molecular weight excluding hydrogens is 380 g/mol. The Hall–Kier alpha value is -2.02. The number of thioether (sulfide) groups is 1. The highest BCUT2D eigenvalue weighted by Gasteiger charge is 2.16. The van der Waals surface area contributed by atoms with E-state index in [1.165, 1.54) is 0 Å². The Labute approximate surface area is 169 Å². The van der Waals surface area contributed by atoms with E-state index in [1.807, 2.05) is 60.3 Å². The minimum absolute atomic E-state index is 0. The van der Waals surface area contributed by atoms with E-state index in [4.69, 9.17) is 0 Å². The first kappa shape index (κ1) is 19.7. The lowest BCUT2D eigenvalue weighted by Crippen LogP contribution is -2.41. The molecule has 1 aliphatic rings. The van der Waals surface area contributed by atoms with Crippen LogP contribution in [-0.2, 0) is 11.3 Å². The fourth-order valence-corrected chi connectivity index (χ4v) is 4.07. The third-order valence-electron chi connectivity index (χ3n) is 4.54. The Balaban J connectivity index is 0.00000210. The lowest BCUT2D eigenvalue weighted by atomic mass is 10.1. The minimum Gasteiger partial charge on any atom is -0.352 e.